The third-order valence-corrected chi connectivity index (χ3v) is 8.58. The van der Waals surface area contributed by atoms with E-state index in [1.54, 1.807) is 7.11 Å². The fourth-order valence-electron chi connectivity index (χ4n) is 6.71. The Labute approximate surface area is 213 Å². The second-order valence-electron chi connectivity index (χ2n) is 11.2. The highest BCUT2D eigenvalue weighted by Gasteiger charge is 2.49. The van der Waals surface area contributed by atoms with E-state index in [4.69, 9.17) is 4.74 Å². The largest absolute Gasteiger partial charge is 0.497 e. The van der Waals surface area contributed by atoms with Crippen LogP contribution in [0.1, 0.15) is 76.1 Å². The molecule has 196 valence electrons. The number of fused-ring (bicyclic) bond motifs is 4. The smallest absolute Gasteiger partial charge is 0.317 e. The minimum Gasteiger partial charge on any atom is -0.497 e. The van der Waals surface area contributed by atoms with Crippen LogP contribution in [0.2, 0.25) is 0 Å². The first-order valence-corrected chi connectivity index (χ1v) is 13.5. The molecular formula is C28H40N4O4. The molecular weight excluding hydrogens is 456 g/mol. The highest BCUT2D eigenvalue weighted by Crippen LogP contribution is 2.49. The summed E-state index contributed by atoms with van der Waals surface area (Å²) in [5.41, 5.74) is 2.84. The van der Waals surface area contributed by atoms with Crippen LogP contribution in [0.4, 0.5) is 4.79 Å². The van der Waals surface area contributed by atoms with E-state index in [9.17, 15) is 14.7 Å². The van der Waals surface area contributed by atoms with Gasteiger partial charge in [0.2, 0.25) is 5.91 Å². The van der Waals surface area contributed by atoms with Gasteiger partial charge < -0.3 is 29.9 Å². The molecule has 8 nitrogen and oxygen atoms in total. The molecule has 1 spiro atoms. The summed E-state index contributed by atoms with van der Waals surface area (Å²) in [6, 6.07) is 5.74. The Morgan fingerprint density at radius 1 is 1.19 bits per heavy atom. The number of urea groups is 1. The van der Waals surface area contributed by atoms with Crippen LogP contribution >= 0.6 is 0 Å². The molecule has 1 aromatic heterocycles. The van der Waals surface area contributed by atoms with Gasteiger partial charge in [-0.25, -0.2) is 4.79 Å². The molecule has 1 aliphatic carbocycles. The van der Waals surface area contributed by atoms with Gasteiger partial charge in [-0.2, -0.15) is 0 Å². The van der Waals surface area contributed by atoms with Gasteiger partial charge in [-0.3, -0.25) is 4.79 Å². The summed E-state index contributed by atoms with van der Waals surface area (Å²) in [6.45, 7) is 5.68. The Bertz CT molecular complexity index is 1110. The number of aliphatic hydroxyl groups excluding tert-OH is 1. The van der Waals surface area contributed by atoms with Gasteiger partial charge in [-0.15, -0.1) is 0 Å². The summed E-state index contributed by atoms with van der Waals surface area (Å²) >= 11 is 0. The van der Waals surface area contributed by atoms with Crippen LogP contribution in [0.5, 0.6) is 5.75 Å². The molecule has 1 saturated heterocycles. The number of rotatable bonds is 4. The zero-order valence-electron chi connectivity index (χ0n) is 21.8. The number of amides is 3. The van der Waals surface area contributed by atoms with Gasteiger partial charge in [0.05, 0.1) is 19.8 Å². The van der Waals surface area contributed by atoms with Crippen molar-refractivity contribution >= 4 is 22.8 Å². The standard InChI is InChI=1S/C28H40N4O4/c1-18(2)29-27(35)31-13-11-28(12-14-31)17-32(26(34)19-7-5-4-6-8-19)23(16-33)25-24(28)21-10-9-20(36-3)15-22(21)30-25/h9-10,15,18-19,23,30,33H,4-8,11-14,16-17H2,1-3H3,(H,29,35)/t23-/m0/s1. The van der Waals surface area contributed by atoms with E-state index in [2.05, 4.69) is 16.4 Å². The molecule has 2 fully saturated rings. The first kappa shape index (κ1) is 24.9. The normalized spacial score (nSPS) is 22.2. The number of benzene rings is 1. The van der Waals surface area contributed by atoms with Gasteiger partial charge in [-0.05, 0) is 57.2 Å². The third-order valence-electron chi connectivity index (χ3n) is 8.58. The average Bonchev–Trinajstić information content (AvgIpc) is 3.28. The fourth-order valence-corrected chi connectivity index (χ4v) is 6.71. The highest BCUT2D eigenvalue weighted by atomic mass is 16.5. The number of ether oxygens (including phenoxy) is 1. The summed E-state index contributed by atoms with van der Waals surface area (Å²) in [6.07, 6.45) is 6.79. The summed E-state index contributed by atoms with van der Waals surface area (Å²) in [7, 11) is 1.66. The van der Waals surface area contributed by atoms with Crippen molar-refractivity contribution in [3.8, 4) is 5.75 Å². The van der Waals surface area contributed by atoms with E-state index in [1.807, 2.05) is 35.8 Å². The second-order valence-corrected chi connectivity index (χ2v) is 11.2. The van der Waals surface area contributed by atoms with Crippen LogP contribution in [0.15, 0.2) is 18.2 Å². The molecule has 3 amide bonds. The van der Waals surface area contributed by atoms with Crippen molar-refractivity contribution in [2.24, 2.45) is 5.92 Å². The van der Waals surface area contributed by atoms with Crippen molar-refractivity contribution in [3.63, 3.8) is 0 Å². The van der Waals surface area contributed by atoms with Crippen molar-refractivity contribution < 1.29 is 19.4 Å². The number of nitrogens with one attached hydrogen (secondary N) is 2. The van der Waals surface area contributed by atoms with E-state index in [0.29, 0.717) is 19.6 Å². The topological polar surface area (TPSA) is 97.9 Å². The Morgan fingerprint density at radius 2 is 1.92 bits per heavy atom. The maximum Gasteiger partial charge on any atom is 0.317 e. The summed E-state index contributed by atoms with van der Waals surface area (Å²) in [4.78, 5) is 34.1. The van der Waals surface area contributed by atoms with Crippen molar-refractivity contribution in [2.45, 2.75) is 76.3 Å². The van der Waals surface area contributed by atoms with Gasteiger partial charge in [0, 0.05) is 59.7 Å². The number of H-pyrrole nitrogens is 1. The molecule has 3 N–H and O–H groups in total. The summed E-state index contributed by atoms with van der Waals surface area (Å²) < 4.78 is 5.47. The molecule has 0 unspecified atom stereocenters. The van der Waals surface area contributed by atoms with Gasteiger partial charge in [0.25, 0.3) is 0 Å². The van der Waals surface area contributed by atoms with E-state index in [-0.39, 0.29) is 42.0 Å². The number of carbonyl (C=O) groups is 2. The molecule has 8 heteroatoms. The maximum atomic E-state index is 13.9. The summed E-state index contributed by atoms with van der Waals surface area (Å²) in [5, 5.41) is 14.7. The van der Waals surface area contributed by atoms with Crippen molar-refractivity contribution in [1.82, 2.24) is 20.1 Å². The first-order chi connectivity index (χ1) is 17.4. The lowest BCUT2D eigenvalue weighted by atomic mass is 9.68. The van der Waals surface area contributed by atoms with Crippen LogP contribution in [-0.4, -0.2) is 71.2 Å². The number of aromatic amines is 1. The Kier molecular flexibility index (Phi) is 6.90. The van der Waals surface area contributed by atoms with Gasteiger partial charge in [0.15, 0.2) is 0 Å². The lowest BCUT2D eigenvalue weighted by molar-refractivity contribution is -0.142. The molecule has 2 aromatic rings. The number of carbonyl (C=O) groups excluding carboxylic acids is 2. The third kappa shape index (κ3) is 4.33. The second kappa shape index (κ2) is 9.96. The molecule has 3 aliphatic rings. The molecule has 1 saturated carbocycles. The van der Waals surface area contributed by atoms with E-state index in [0.717, 1.165) is 60.9 Å². The van der Waals surface area contributed by atoms with Crippen molar-refractivity contribution in [3.05, 3.63) is 29.5 Å². The first-order valence-electron chi connectivity index (χ1n) is 13.5. The molecule has 1 aromatic carbocycles. The SMILES string of the molecule is COc1ccc2c3c([nH]c2c1)[C@H](CO)N(C(=O)C1CCCCC1)CC31CCN(C(=O)NC(C)C)CC1. The van der Waals surface area contributed by atoms with E-state index >= 15 is 0 Å². The molecule has 0 bridgehead atoms. The number of hydrogen-bond donors (Lipinski definition) is 3. The minimum absolute atomic E-state index is 0.0251. The summed E-state index contributed by atoms with van der Waals surface area (Å²) in [5.74, 6) is 0.980. The molecule has 0 radical (unpaired) electrons. The highest BCUT2D eigenvalue weighted by molar-refractivity contribution is 5.89. The number of aromatic nitrogens is 1. The molecule has 36 heavy (non-hydrogen) atoms. The van der Waals surface area contributed by atoms with Crippen LogP contribution < -0.4 is 10.1 Å². The Balaban J connectivity index is 1.55. The Hall–Kier alpha value is -2.74. The predicted molar refractivity (Wildman–Crippen MR) is 139 cm³/mol. The minimum atomic E-state index is -0.388. The van der Waals surface area contributed by atoms with Crippen molar-refractivity contribution in [1.29, 1.82) is 0 Å². The number of hydrogen-bond acceptors (Lipinski definition) is 4. The lowest BCUT2D eigenvalue weighted by Crippen LogP contribution is -2.57. The number of methoxy groups -OCH3 is 1. The number of likely N-dealkylation sites (tertiary alicyclic amines) is 1. The molecule has 2 aliphatic heterocycles. The monoisotopic (exact) mass is 496 g/mol. The van der Waals surface area contributed by atoms with Crippen LogP contribution in [-0.2, 0) is 10.2 Å². The lowest BCUT2D eigenvalue weighted by Gasteiger charge is -2.51. The molecule has 1 atom stereocenters. The fraction of sp³-hybridized carbons (Fsp3) is 0.643. The average molecular weight is 497 g/mol. The van der Waals surface area contributed by atoms with Gasteiger partial charge in [-0.1, -0.05) is 19.3 Å². The Morgan fingerprint density at radius 3 is 2.56 bits per heavy atom. The van der Waals surface area contributed by atoms with Crippen LogP contribution in [0.25, 0.3) is 10.9 Å². The zero-order chi connectivity index (χ0) is 25.4. The number of nitrogens with zero attached hydrogens (tertiary/aromatic N) is 2. The van der Waals surface area contributed by atoms with Crippen molar-refractivity contribution in [2.75, 3.05) is 33.4 Å². The number of aliphatic hydroxyl groups is 1. The van der Waals surface area contributed by atoms with Gasteiger partial charge >= 0.3 is 6.03 Å². The van der Waals surface area contributed by atoms with E-state index in [1.165, 1.54) is 12.0 Å². The molecule has 3 heterocycles. The number of piperidine rings is 1. The quantitative estimate of drug-likeness (QED) is 0.594. The van der Waals surface area contributed by atoms with E-state index < -0.39 is 0 Å². The zero-order valence-corrected chi connectivity index (χ0v) is 21.8. The van der Waals surface area contributed by atoms with Crippen LogP contribution in [0.3, 0.4) is 0 Å². The van der Waals surface area contributed by atoms with Gasteiger partial charge in [0.1, 0.15) is 5.75 Å². The van der Waals surface area contributed by atoms with Crippen LogP contribution in [0, 0.1) is 5.92 Å². The maximum absolute atomic E-state index is 13.9. The molecule has 5 rings (SSSR count). The predicted octanol–water partition coefficient (Wildman–Crippen LogP) is 4.08.